The molecule has 2 N–H and O–H groups in total. The molecular formula is C10H16BrNO2S. The molecule has 0 bridgehead atoms. The van der Waals surface area contributed by atoms with Crippen molar-refractivity contribution >= 4 is 27.3 Å². The van der Waals surface area contributed by atoms with Crippen LogP contribution in [-0.2, 0) is 6.54 Å². The van der Waals surface area contributed by atoms with Crippen LogP contribution in [0, 0.1) is 0 Å². The largest absolute Gasteiger partial charge is 0.396 e. The van der Waals surface area contributed by atoms with E-state index in [1.54, 1.807) is 11.3 Å². The average molecular weight is 294 g/mol. The summed E-state index contributed by atoms with van der Waals surface area (Å²) in [6.07, 6.45) is 0.611. The number of halogens is 1. The van der Waals surface area contributed by atoms with Crippen molar-refractivity contribution in [2.75, 3.05) is 20.3 Å². The zero-order chi connectivity index (χ0) is 11.3. The van der Waals surface area contributed by atoms with E-state index in [0.29, 0.717) is 6.42 Å². The molecule has 0 aliphatic rings. The standard InChI is InChI=1S/C10H16BrNO2S/c1-12(9(6-14)2-3-13)5-10-4-8(11)7-15-10/h4,7,9,13-14H,2-3,5-6H2,1H3. The van der Waals surface area contributed by atoms with Crippen molar-refractivity contribution in [2.24, 2.45) is 0 Å². The molecule has 1 atom stereocenters. The van der Waals surface area contributed by atoms with Gasteiger partial charge in [-0.3, -0.25) is 4.90 Å². The van der Waals surface area contributed by atoms with Gasteiger partial charge in [-0.2, -0.15) is 0 Å². The molecule has 1 aromatic rings. The van der Waals surface area contributed by atoms with E-state index in [1.165, 1.54) is 4.88 Å². The minimum atomic E-state index is 0.0378. The van der Waals surface area contributed by atoms with E-state index in [1.807, 2.05) is 12.4 Å². The molecule has 3 nitrogen and oxygen atoms in total. The molecule has 5 heteroatoms. The highest BCUT2D eigenvalue weighted by Gasteiger charge is 2.13. The molecule has 0 radical (unpaired) electrons. The second-order valence-electron chi connectivity index (χ2n) is 3.50. The van der Waals surface area contributed by atoms with Crippen LogP contribution < -0.4 is 0 Å². The van der Waals surface area contributed by atoms with E-state index in [4.69, 9.17) is 10.2 Å². The fourth-order valence-electron chi connectivity index (χ4n) is 1.41. The average Bonchev–Trinajstić information content (AvgIpc) is 2.60. The molecule has 0 aromatic carbocycles. The van der Waals surface area contributed by atoms with Gasteiger partial charge in [-0.1, -0.05) is 0 Å². The van der Waals surface area contributed by atoms with Crippen molar-refractivity contribution in [1.82, 2.24) is 4.90 Å². The van der Waals surface area contributed by atoms with Gasteiger partial charge in [-0.05, 0) is 35.5 Å². The summed E-state index contributed by atoms with van der Waals surface area (Å²) in [4.78, 5) is 3.31. The van der Waals surface area contributed by atoms with Crippen molar-refractivity contribution in [3.05, 3.63) is 20.8 Å². The molecule has 0 saturated carbocycles. The van der Waals surface area contributed by atoms with E-state index in [2.05, 4.69) is 26.9 Å². The minimum absolute atomic E-state index is 0.0378. The van der Waals surface area contributed by atoms with Crippen LogP contribution in [0.2, 0.25) is 0 Å². The number of likely N-dealkylation sites (N-methyl/N-ethyl adjacent to an activating group) is 1. The SMILES string of the molecule is CN(Cc1cc(Br)cs1)C(CO)CCO. The highest BCUT2D eigenvalue weighted by molar-refractivity contribution is 9.10. The first-order valence-electron chi connectivity index (χ1n) is 4.82. The molecule has 0 amide bonds. The number of rotatable bonds is 6. The van der Waals surface area contributed by atoms with Crippen LogP contribution in [0.25, 0.3) is 0 Å². The number of thiophene rings is 1. The third kappa shape index (κ3) is 4.20. The Morgan fingerprint density at radius 1 is 1.53 bits per heavy atom. The predicted molar refractivity (Wildman–Crippen MR) is 66.1 cm³/mol. The Morgan fingerprint density at radius 2 is 2.27 bits per heavy atom. The van der Waals surface area contributed by atoms with Gasteiger partial charge in [0.25, 0.3) is 0 Å². The maximum Gasteiger partial charge on any atom is 0.0587 e. The molecule has 0 saturated heterocycles. The number of aliphatic hydroxyl groups excluding tert-OH is 2. The van der Waals surface area contributed by atoms with Gasteiger partial charge >= 0.3 is 0 Å². The fraction of sp³-hybridized carbons (Fsp3) is 0.600. The smallest absolute Gasteiger partial charge is 0.0587 e. The van der Waals surface area contributed by atoms with Gasteiger partial charge < -0.3 is 10.2 Å². The molecule has 1 unspecified atom stereocenters. The summed E-state index contributed by atoms with van der Waals surface area (Å²) in [5, 5.41) is 20.0. The molecule has 1 heterocycles. The van der Waals surface area contributed by atoms with Gasteiger partial charge in [-0.15, -0.1) is 11.3 Å². The topological polar surface area (TPSA) is 43.7 Å². The van der Waals surface area contributed by atoms with Gasteiger partial charge in [0.15, 0.2) is 0 Å². The lowest BCUT2D eigenvalue weighted by molar-refractivity contribution is 0.115. The molecule has 86 valence electrons. The third-order valence-corrected chi connectivity index (χ3v) is 4.01. The monoisotopic (exact) mass is 293 g/mol. The Balaban J connectivity index is 2.49. The van der Waals surface area contributed by atoms with Gasteiger partial charge in [0, 0.05) is 33.9 Å². The number of hydrogen-bond acceptors (Lipinski definition) is 4. The van der Waals surface area contributed by atoms with Crippen LogP contribution in [0.4, 0.5) is 0 Å². The summed E-state index contributed by atoms with van der Waals surface area (Å²) < 4.78 is 1.10. The van der Waals surface area contributed by atoms with E-state index in [-0.39, 0.29) is 19.3 Å². The Bertz CT molecular complexity index is 293. The Labute approximate surface area is 102 Å². The summed E-state index contributed by atoms with van der Waals surface area (Å²) in [6.45, 7) is 1.01. The minimum Gasteiger partial charge on any atom is -0.396 e. The maximum atomic E-state index is 9.15. The molecule has 1 rings (SSSR count). The molecule has 0 spiro atoms. The van der Waals surface area contributed by atoms with Gasteiger partial charge in [-0.25, -0.2) is 0 Å². The van der Waals surface area contributed by atoms with Crippen LogP contribution in [0.3, 0.4) is 0 Å². The van der Waals surface area contributed by atoms with Crippen molar-refractivity contribution in [1.29, 1.82) is 0 Å². The second kappa shape index (κ2) is 6.60. The fourth-order valence-corrected chi connectivity index (χ4v) is 2.93. The number of hydrogen-bond donors (Lipinski definition) is 2. The molecule has 0 fully saturated rings. The lowest BCUT2D eigenvalue weighted by Gasteiger charge is -2.25. The molecular weight excluding hydrogens is 278 g/mol. The second-order valence-corrected chi connectivity index (χ2v) is 5.41. The summed E-state index contributed by atoms with van der Waals surface area (Å²) in [7, 11) is 1.96. The molecule has 0 aliphatic heterocycles. The Morgan fingerprint density at radius 3 is 2.73 bits per heavy atom. The van der Waals surface area contributed by atoms with Gasteiger partial charge in [0.2, 0.25) is 0 Å². The van der Waals surface area contributed by atoms with Crippen LogP contribution in [-0.4, -0.2) is 41.4 Å². The van der Waals surface area contributed by atoms with Crippen molar-refractivity contribution in [3.8, 4) is 0 Å². The normalized spacial score (nSPS) is 13.4. The zero-order valence-electron chi connectivity index (χ0n) is 8.69. The van der Waals surface area contributed by atoms with Gasteiger partial charge in [0.05, 0.1) is 6.61 Å². The van der Waals surface area contributed by atoms with Crippen LogP contribution in [0.15, 0.2) is 15.9 Å². The zero-order valence-corrected chi connectivity index (χ0v) is 11.1. The maximum absolute atomic E-state index is 9.15. The summed E-state index contributed by atoms with van der Waals surface area (Å²) in [5.41, 5.74) is 0. The predicted octanol–water partition coefficient (Wildman–Crippen LogP) is 1.69. The molecule has 1 aromatic heterocycles. The highest BCUT2D eigenvalue weighted by Crippen LogP contribution is 2.21. The summed E-state index contributed by atoms with van der Waals surface area (Å²) >= 11 is 5.10. The number of nitrogens with zero attached hydrogens (tertiary/aromatic N) is 1. The summed E-state index contributed by atoms with van der Waals surface area (Å²) in [6, 6.07) is 2.12. The quantitative estimate of drug-likeness (QED) is 0.839. The van der Waals surface area contributed by atoms with Crippen LogP contribution >= 0.6 is 27.3 Å². The van der Waals surface area contributed by atoms with Crippen LogP contribution in [0.1, 0.15) is 11.3 Å². The van der Waals surface area contributed by atoms with Crippen molar-refractivity contribution < 1.29 is 10.2 Å². The first-order valence-corrected chi connectivity index (χ1v) is 6.49. The van der Waals surface area contributed by atoms with Crippen molar-refractivity contribution in [2.45, 2.75) is 19.0 Å². The van der Waals surface area contributed by atoms with E-state index in [9.17, 15) is 0 Å². The third-order valence-electron chi connectivity index (χ3n) is 2.32. The lowest BCUT2D eigenvalue weighted by atomic mass is 10.2. The number of aliphatic hydroxyl groups is 2. The van der Waals surface area contributed by atoms with E-state index >= 15 is 0 Å². The van der Waals surface area contributed by atoms with Crippen LogP contribution in [0.5, 0.6) is 0 Å². The highest BCUT2D eigenvalue weighted by atomic mass is 79.9. The Kier molecular flexibility index (Phi) is 5.78. The molecule has 15 heavy (non-hydrogen) atoms. The molecule has 0 aliphatic carbocycles. The Hall–Kier alpha value is 0.0600. The van der Waals surface area contributed by atoms with Gasteiger partial charge in [0.1, 0.15) is 0 Å². The van der Waals surface area contributed by atoms with E-state index in [0.717, 1.165) is 11.0 Å². The first-order chi connectivity index (χ1) is 7.17. The first kappa shape index (κ1) is 13.1. The van der Waals surface area contributed by atoms with E-state index < -0.39 is 0 Å². The lowest BCUT2D eigenvalue weighted by Crippen LogP contribution is -2.34. The van der Waals surface area contributed by atoms with Crippen molar-refractivity contribution in [3.63, 3.8) is 0 Å². The summed E-state index contributed by atoms with van der Waals surface area (Å²) in [5.74, 6) is 0.